The zero-order valence-corrected chi connectivity index (χ0v) is 25.2. The van der Waals surface area contributed by atoms with Gasteiger partial charge in [0.15, 0.2) is 23.5 Å². The van der Waals surface area contributed by atoms with Gasteiger partial charge in [-0.25, -0.2) is 0 Å². The van der Waals surface area contributed by atoms with Gasteiger partial charge in [-0.05, 0) is 78.8 Å². The van der Waals surface area contributed by atoms with Gasteiger partial charge in [-0.15, -0.1) is 0 Å². The number of Topliss-reactive ketones (excluding diaryl/α,β-unsaturated/α-hetero) is 1. The van der Waals surface area contributed by atoms with Crippen molar-refractivity contribution >= 4 is 17.3 Å². The first kappa shape index (κ1) is 29.6. The number of aliphatic hydroxyl groups excluding tert-OH is 3. The lowest BCUT2D eigenvalue weighted by atomic mass is 9.46. The summed E-state index contributed by atoms with van der Waals surface area (Å²) in [6, 6.07) is 13.3. The molecule has 0 radical (unpaired) electrons. The lowest BCUT2D eigenvalue weighted by Gasteiger charge is -2.59. The maximum absolute atomic E-state index is 13.8. The molecule has 44 heavy (non-hydrogen) atoms. The highest BCUT2D eigenvalue weighted by atomic mass is 16.7. The van der Waals surface area contributed by atoms with Crippen LogP contribution >= 0.6 is 0 Å². The minimum atomic E-state index is -1.40. The Hall–Kier alpha value is -3.14. The third kappa shape index (κ3) is 4.08. The van der Waals surface area contributed by atoms with Crippen molar-refractivity contribution in [2.45, 2.75) is 76.7 Å². The summed E-state index contributed by atoms with van der Waals surface area (Å²) in [5, 5.41) is 32.0. The van der Waals surface area contributed by atoms with E-state index in [0.29, 0.717) is 24.9 Å². The lowest BCUT2D eigenvalue weighted by molar-refractivity contribution is -0.201. The van der Waals surface area contributed by atoms with Crippen molar-refractivity contribution in [1.29, 1.82) is 0 Å². The Morgan fingerprint density at radius 2 is 1.93 bits per heavy atom. The molecule has 5 aliphatic rings. The van der Waals surface area contributed by atoms with Crippen molar-refractivity contribution in [3.05, 3.63) is 88.5 Å². The van der Waals surface area contributed by atoms with E-state index in [0.717, 1.165) is 40.7 Å². The molecule has 0 aromatic heterocycles. The predicted molar refractivity (Wildman–Crippen MR) is 163 cm³/mol. The van der Waals surface area contributed by atoms with E-state index in [1.807, 2.05) is 55.5 Å². The molecule has 0 amide bonds. The predicted octanol–water partition coefficient (Wildman–Crippen LogP) is 3.95. The van der Waals surface area contributed by atoms with Gasteiger partial charge in [0.05, 0.1) is 18.8 Å². The summed E-state index contributed by atoms with van der Waals surface area (Å²) in [6.45, 7) is 3.37. The second kappa shape index (κ2) is 10.5. The molecule has 0 bridgehead atoms. The average molecular weight is 600 g/mol. The number of rotatable bonds is 6. The maximum atomic E-state index is 13.8. The molecule has 8 nitrogen and oxygen atoms in total. The van der Waals surface area contributed by atoms with Crippen LogP contribution < -0.4 is 5.73 Å². The normalized spacial score (nSPS) is 38.8. The number of nitrogen functional groups attached to an aromatic ring is 1. The number of aliphatic hydroxyl groups is 3. The van der Waals surface area contributed by atoms with Crippen molar-refractivity contribution in [3.8, 4) is 0 Å². The van der Waals surface area contributed by atoms with Crippen LogP contribution in [0.2, 0.25) is 0 Å². The third-order valence-electron chi connectivity index (χ3n) is 11.9. The number of carbonyl (C=O) groups excluding carboxylic acids is 2. The van der Waals surface area contributed by atoms with E-state index in [1.165, 1.54) is 0 Å². The molecule has 8 heteroatoms. The Morgan fingerprint density at radius 3 is 2.70 bits per heavy atom. The number of hydrogen-bond donors (Lipinski definition) is 4. The smallest absolute Gasteiger partial charge is 0.193 e. The zero-order valence-electron chi connectivity index (χ0n) is 25.2. The minimum Gasteiger partial charge on any atom is -0.398 e. The monoisotopic (exact) mass is 599 g/mol. The fourth-order valence-electron chi connectivity index (χ4n) is 9.91. The van der Waals surface area contributed by atoms with Crippen LogP contribution in [0, 0.1) is 28.6 Å². The fraction of sp³-hybridized carbons (Fsp3) is 0.500. The van der Waals surface area contributed by atoms with E-state index < -0.39 is 47.3 Å². The van der Waals surface area contributed by atoms with Gasteiger partial charge in [-0.2, -0.15) is 0 Å². The first-order valence-electron chi connectivity index (χ1n) is 15.7. The summed E-state index contributed by atoms with van der Waals surface area (Å²) in [4.78, 5) is 26.0. The number of ether oxygens (including phenoxy) is 2. The van der Waals surface area contributed by atoms with Gasteiger partial charge in [-0.3, -0.25) is 9.59 Å². The number of carbonyl (C=O) groups is 2. The average Bonchev–Trinajstić information content (AvgIpc) is 3.51. The lowest BCUT2D eigenvalue weighted by Crippen LogP contribution is -2.63. The quantitative estimate of drug-likeness (QED) is 0.366. The van der Waals surface area contributed by atoms with Crippen LogP contribution in [-0.2, 0) is 32.1 Å². The summed E-state index contributed by atoms with van der Waals surface area (Å²) >= 11 is 0. The summed E-state index contributed by atoms with van der Waals surface area (Å²) in [5.74, 6) is -0.374. The van der Waals surface area contributed by atoms with Gasteiger partial charge in [0.2, 0.25) is 0 Å². The number of anilines is 1. The van der Waals surface area contributed by atoms with Crippen molar-refractivity contribution in [1.82, 2.24) is 0 Å². The largest absolute Gasteiger partial charge is 0.398 e. The molecule has 9 atom stereocenters. The van der Waals surface area contributed by atoms with E-state index in [4.69, 9.17) is 15.2 Å². The van der Waals surface area contributed by atoms with Crippen molar-refractivity contribution < 1.29 is 34.4 Å². The Kier molecular flexibility index (Phi) is 7.03. The SMILES string of the molecule is C[C@]12C=CC(=O)C=C1CC[C@@H]1[C@@H]2[C@@H](O)C[C@@]2(C)[C@H]1C[C@H]1O[C@@H](c3cccc(Cc4c(N)cccc4CO)c3)O[C@]12C(=O)CO. The van der Waals surface area contributed by atoms with Crippen molar-refractivity contribution in [3.63, 3.8) is 0 Å². The zero-order chi connectivity index (χ0) is 31.0. The Balaban J connectivity index is 1.21. The van der Waals surface area contributed by atoms with Crippen LogP contribution in [0.25, 0.3) is 0 Å². The number of hydrogen-bond acceptors (Lipinski definition) is 8. The van der Waals surface area contributed by atoms with Gasteiger partial charge in [0, 0.05) is 28.0 Å². The Morgan fingerprint density at radius 1 is 1.14 bits per heavy atom. The molecule has 1 heterocycles. The molecule has 4 fully saturated rings. The molecule has 4 aliphatic carbocycles. The van der Waals surface area contributed by atoms with Gasteiger partial charge in [-0.1, -0.05) is 61.9 Å². The molecule has 232 valence electrons. The molecule has 1 aliphatic heterocycles. The Bertz CT molecular complexity index is 1580. The number of fused-ring (bicyclic) bond motifs is 7. The highest BCUT2D eigenvalue weighted by molar-refractivity contribution is 6.01. The van der Waals surface area contributed by atoms with Gasteiger partial charge >= 0.3 is 0 Å². The Labute approximate surface area is 257 Å². The third-order valence-corrected chi connectivity index (χ3v) is 11.9. The van der Waals surface area contributed by atoms with E-state index >= 15 is 0 Å². The number of nitrogens with two attached hydrogens (primary N) is 1. The van der Waals surface area contributed by atoms with Gasteiger partial charge in [0.1, 0.15) is 6.61 Å². The molecule has 3 saturated carbocycles. The van der Waals surface area contributed by atoms with Crippen LogP contribution in [0.15, 0.2) is 66.3 Å². The number of benzene rings is 2. The molecule has 2 aromatic carbocycles. The molecule has 7 rings (SSSR count). The molecular weight excluding hydrogens is 558 g/mol. The van der Waals surface area contributed by atoms with E-state index in [-0.39, 0.29) is 30.1 Å². The van der Waals surface area contributed by atoms with Crippen LogP contribution in [-0.4, -0.2) is 51.3 Å². The summed E-state index contributed by atoms with van der Waals surface area (Å²) < 4.78 is 13.4. The minimum absolute atomic E-state index is 0.00746. The summed E-state index contributed by atoms with van der Waals surface area (Å²) in [6.07, 6.45) is 6.21. The summed E-state index contributed by atoms with van der Waals surface area (Å²) in [7, 11) is 0. The van der Waals surface area contributed by atoms with Crippen LogP contribution in [0.4, 0.5) is 5.69 Å². The van der Waals surface area contributed by atoms with Gasteiger partial charge < -0.3 is 30.5 Å². The van der Waals surface area contributed by atoms with Crippen molar-refractivity contribution in [2.75, 3.05) is 12.3 Å². The van der Waals surface area contributed by atoms with Crippen LogP contribution in [0.1, 0.15) is 68.1 Å². The first-order valence-corrected chi connectivity index (χ1v) is 15.7. The van der Waals surface area contributed by atoms with Crippen LogP contribution in [0.5, 0.6) is 0 Å². The molecule has 5 N–H and O–H groups in total. The summed E-state index contributed by atoms with van der Waals surface area (Å²) in [5.41, 5.74) is 8.71. The second-order valence-corrected chi connectivity index (χ2v) is 13.9. The molecule has 2 aromatic rings. The molecule has 0 unspecified atom stereocenters. The molecule has 1 saturated heterocycles. The highest BCUT2D eigenvalue weighted by Gasteiger charge is 2.75. The first-order chi connectivity index (χ1) is 21.1. The standard InChI is InChI=1S/C36H41NO7/c1-34-12-11-24(40)15-23(34)9-10-25-27-16-31-36(30(42)19-39,35(27,2)17-29(41)32(25)34)44-33(43-31)21-6-3-5-20(13-21)14-26-22(18-38)7-4-8-28(26)37/h3-8,11-13,15,25,27,29,31-33,38-39,41H,9-10,14,16-19,37H2,1-2H3/t25-,27-,29-,31+,32+,33+,34-,35-,36+/m0/s1. The molecule has 0 spiro atoms. The maximum Gasteiger partial charge on any atom is 0.193 e. The van der Waals surface area contributed by atoms with Crippen molar-refractivity contribution in [2.24, 2.45) is 28.6 Å². The topological polar surface area (TPSA) is 139 Å². The van der Waals surface area contributed by atoms with Gasteiger partial charge in [0.25, 0.3) is 0 Å². The number of allylic oxidation sites excluding steroid dienone is 4. The fourth-order valence-corrected chi connectivity index (χ4v) is 9.91. The highest BCUT2D eigenvalue weighted by Crippen LogP contribution is 2.70. The van der Waals surface area contributed by atoms with Crippen LogP contribution in [0.3, 0.4) is 0 Å². The van der Waals surface area contributed by atoms with E-state index in [9.17, 15) is 24.9 Å². The number of ketones is 2. The second-order valence-electron chi connectivity index (χ2n) is 13.9. The van der Waals surface area contributed by atoms with E-state index in [2.05, 4.69) is 6.92 Å². The molecular formula is C36H41NO7. The van der Waals surface area contributed by atoms with E-state index in [1.54, 1.807) is 12.2 Å².